The highest BCUT2D eigenvalue weighted by Crippen LogP contribution is 2.31. The molecule has 124 valence electrons. The molecule has 0 aliphatic heterocycles. The molecular weight excluding hydrogens is 306 g/mol. The Kier molecular flexibility index (Phi) is 6.83. The van der Waals surface area contributed by atoms with E-state index in [1.165, 1.54) is 9.58 Å². The van der Waals surface area contributed by atoms with Crippen molar-refractivity contribution in [2.75, 3.05) is 26.0 Å². The van der Waals surface area contributed by atoms with Gasteiger partial charge in [0, 0.05) is 26.2 Å². The number of hydrogen-bond donors (Lipinski definition) is 2. The summed E-state index contributed by atoms with van der Waals surface area (Å²) in [5, 5.41) is 6.96. The zero-order valence-electron chi connectivity index (χ0n) is 13.0. The average molecular weight is 330 g/mol. The summed E-state index contributed by atoms with van der Waals surface area (Å²) >= 11 is 0. The third-order valence-corrected chi connectivity index (χ3v) is 4.00. The minimum Gasteiger partial charge on any atom is -0.347 e. The van der Waals surface area contributed by atoms with Gasteiger partial charge in [-0.3, -0.25) is 14.3 Å². The number of halogens is 1. The number of hydrogen-bond acceptors (Lipinski definition) is 4. The minimum atomic E-state index is -0.0463. The summed E-state index contributed by atoms with van der Waals surface area (Å²) in [5.74, 6) is 0.216. The number of anilines is 1. The van der Waals surface area contributed by atoms with Gasteiger partial charge in [-0.15, -0.1) is 12.4 Å². The largest absolute Gasteiger partial charge is 0.347 e. The maximum absolute atomic E-state index is 12.2. The molecule has 0 saturated heterocycles. The van der Waals surface area contributed by atoms with Gasteiger partial charge in [-0.2, -0.15) is 5.10 Å². The Bertz CT molecular complexity index is 517. The van der Waals surface area contributed by atoms with Crippen LogP contribution in [0.25, 0.3) is 0 Å². The summed E-state index contributed by atoms with van der Waals surface area (Å²) < 4.78 is 1.52. The predicted octanol–water partition coefficient (Wildman–Crippen LogP) is 0.707. The van der Waals surface area contributed by atoms with Crippen LogP contribution in [-0.2, 0) is 16.1 Å². The molecule has 2 rings (SSSR count). The fourth-order valence-corrected chi connectivity index (χ4v) is 2.69. The molecule has 1 saturated carbocycles. The molecule has 1 heterocycles. The van der Waals surface area contributed by atoms with Gasteiger partial charge >= 0.3 is 0 Å². The highest BCUT2D eigenvalue weighted by atomic mass is 35.5. The molecule has 0 bridgehead atoms. The van der Waals surface area contributed by atoms with Crippen molar-refractivity contribution in [1.82, 2.24) is 14.7 Å². The van der Waals surface area contributed by atoms with Crippen LogP contribution in [0.15, 0.2) is 12.4 Å². The van der Waals surface area contributed by atoms with Crippen LogP contribution in [0.1, 0.15) is 19.3 Å². The maximum atomic E-state index is 12.2. The molecular formula is C14H24ClN5O2. The smallest absolute Gasteiger partial charge is 0.243 e. The van der Waals surface area contributed by atoms with Gasteiger partial charge in [0.1, 0.15) is 6.54 Å². The quantitative estimate of drug-likeness (QED) is 0.832. The monoisotopic (exact) mass is 329 g/mol. The molecule has 2 amide bonds. The summed E-state index contributed by atoms with van der Waals surface area (Å²) in [6.07, 6.45) is 6.20. The SMILES string of the molecule is CN(C)C(=O)Cn1cc(NC(=O)[C@@H]2CCC[C@@H]2CN)cn1.Cl. The van der Waals surface area contributed by atoms with Crippen LogP contribution in [0, 0.1) is 11.8 Å². The van der Waals surface area contributed by atoms with Crippen molar-refractivity contribution in [3.05, 3.63) is 12.4 Å². The molecule has 22 heavy (non-hydrogen) atoms. The lowest BCUT2D eigenvalue weighted by Crippen LogP contribution is -2.29. The lowest BCUT2D eigenvalue weighted by Gasteiger charge is -2.16. The Morgan fingerprint density at radius 2 is 2.18 bits per heavy atom. The van der Waals surface area contributed by atoms with Gasteiger partial charge in [0.25, 0.3) is 0 Å². The molecule has 0 radical (unpaired) electrons. The zero-order valence-corrected chi connectivity index (χ0v) is 13.8. The fraction of sp³-hybridized carbons (Fsp3) is 0.643. The average Bonchev–Trinajstić information content (AvgIpc) is 3.07. The number of nitrogens with one attached hydrogen (secondary N) is 1. The van der Waals surface area contributed by atoms with Gasteiger partial charge in [0.05, 0.1) is 11.9 Å². The van der Waals surface area contributed by atoms with Crippen molar-refractivity contribution >= 4 is 29.9 Å². The number of nitrogens with zero attached hydrogens (tertiary/aromatic N) is 3. The molecule has 3 N–H and O–H groups in total. The first-order valence-electron chi connectivity index (χ1n) is 7.24. The molecule has 0 aromatic carbocycles. The van der Waals surface area contributed by atoms with E-state index in [1.54, 1.807) is 26.5 Å². The molecule has 1 aromatic heterocycles. The van der Waals surface area contributed by atoms with Crippen LogP contribution in [0.5, 0.6) is 0 Å². The van der Waals surface area contributed by atoms with Gasteiger partial charge in [0.15, 0.2) is 0 Å². The molecule has 1 aliphatic rings. The molecule has 2 atom stereocenters. The van der Waals surface area contributed by atoms with Gasteiger partial charge in [-0.25, -0.2) is 0 Å². The molecule has 7 nitrogen and oxygen atoms in total. The summed E-state index contributed by atoms with van der Waals surface area (Å²) in [4.78, 5) is 25.3. The zero-order chi connectivity index (χ0) is 15.4. The van der Waals surface area contributed by atoms with Crippen LogP contribution in [0.2, 0.25) is 0 Å². The Labute approximate surface area is 136 Å². The molecule has 0 spiro atoms. The lowest BCUT2D eigenvalue weighted by molar-refractivity contribution is -0.129. The Morgan fingerprint density at radius 1 is 1.45 bits per heavy atom. The molecule has 8 heteroatoms. The topological polar surface area (TPSA) is 93.2 Å². The van der Waals surface area contributed by atoms with E-state index in [-0.39, 0.29) is 42.6 Å². The van der Waals surface area contributed by atoms with E-state index in [2.05, 4.69) is 10.4 Å². The second-order valence-corrected chi connectivity index (χ2v) is 5.74. The highest BCUT2D eigenvalue weighted by molar-refractivity contribution is 5.92. The van der Waals surface area contributed by atoms with Crippen molar-refractivity contribution in [2.45, 2.75) is 25.8 Å². The van der Waals surface area contributed by atoms with Crippen molar-refractivity contribution in [1.29, 1.82) is 0 Å². The third-order valence-electron chi connectivity index (χ3n) is 4.00. The molecule has 1 fully saturated rings. The summed E-state index contributed by atoms with van der Waals surface area (Å²) in [6.45, 7) is 0.715. The van der Waals surface area contributed by atoms with E-state index >= 15 is 0 Å². The van der Waals surface area contributed by atoms with Crippen LogP contribution in [-0.4, -0.2) is 47.1 Å². The number of nitrogens with two attached hydrogens (primary N) is 1. The first-order chi connectivity index (χ1) is 10.0. The number of aromatic nitrogens is 2. The van der Waals surface area contributed by atoms with Crippen molar-refractivity contribution in [3.8, 4) is 0 Å². The molecule has 1 aliphatic carbocycles. The van der Waals surface area contributed by atoms with E-state index in [9.17, 15) is 9.59 Å². The van der Waals surface area contributed by atoms with E-state index < -0.39 is 0 Å². The summed E-state index contributed by atoms with van der Waals surface area (Å²) in [7, 11) is 3.39. The van der Waals surface area contributed by atoms with Crippen LogP contribution in [0.3, 0.4) is 0 Å². The van der Waals surface area contributed by atoms with Crippen molar-refractivity contribution in [2.24, 2.45) is 17.6 Å². The van der Waals surface area contributed by atoms with Gasteiger partial charge in [-0.1, -0.05) is 6.42 Å². The fourth-order valence-electron chi connectivity index (χ4n) is 2.69. The summed E-state index contributed by atoms with van der Waals surface area (Å²) in [6, 6.07) is 0. The van der Waals surface area contributed by atoms with Crippen molar-refractivity contribution in [3.63, 3.8) is 0 Å². The van der Waals surface area contributed by atoms with Gasteiger partial charge in [0.2, 0.25) is 11.8 Å². The normalized spacial score (nSPS) is 20.3. The van der Waals surface area contributed by atoms with E-state index in [0.717, 1.165) is 19.3 Å². The third kappa shape index (κ3) is 4.45. The standard InChI is InChI=1S/C14H23N5O2.ClH/c1-18(2)13(20)9-19-8-11(7-16-19)17-14(21)12-5-3-4-10(12)6-15;/h7-8,10,12H,3-6,9,15H2,1-2H3,(H,17,21);1H/t10-,12-;/m1./s1. The Balaban J connectivity index is 0.00000242. The highest BCUT2D eigenvalue weighted by Gasteiger charge is 2.32. The molecule has 0 unspecified atom stereocenters. The van der Waals surface area contributed by atoms with Crippen LogP contribution < -0.4 is 11.1 Å². The second kappa shape index (κ2) is 8.14. The first kappa shape index (κ1) is 18.4. The van der Waals surface area contributed by atoms with E-state index in [0.29, 0.717) is 12.2 Å². The van der Waals surface area contributed by atoms with Gasteiger partial charge in [-0.05, 0) is 25.3 Å². The first-order valence-corrected chi connectivity index (χ1v) is 7.24. The van der Waals surface area contributed by atoms with Crippen molar-refractivity contribution < 1.29 is 9.59 Å². The van der Waals surface area contributed by atoms with Crippen LogP contribution >= 0.6 is 12.4 Å². The number of rotatable bonds is 5. The molecule has 1 aromatic rings. The van der Waals surface area contributed by atoms with Gasteiger partial charge < -0.3 is 16.0 Å². The summed E-state index contributed by atoms with van der Waals surface area (Å²) in [5.41, 5.74) is 6.32. The minimum absolute atomic E-state index is 0. The number of carbonyl (C=O) groups is 2. The Morgan fingerprint density at radius 3 is 2.82 bits per heavy atom. The maximum Gasteiger partial charge on any atom is 0.243 e. The number of amides is 2. The van der Waals surface area contributed by atoms with E-state index in [4.69, 9.17) is 5.73 Å². The predicted molar refractivity (Wildman–Crippen MR) is 86.7 cm³/mol. The van der Waals surface area contributed by atoms with E-state index in [1.807, 2.05) is 0 Å². The lowest BCUT2D eigenvalue weighted by atomic mass is 9.95. The number of carbonyl (C=O) groups excluding carboxylic acids is 2. The Hall–Kier alpha value is -1.60. The number of likely N-dealkylation sites (N-methyl/N-ethyl adjacent to an activating group) is 1. The van der Waals surface area contributed by atoms with Crippen LogP contribution in [0.4, 0.5) is 5.69 Å². The second-order valence-electron chi connectivity index (χ2n) is 5.74.